The minimum Gasteiger partial charge on any atom is -0.310 e. The fraction of sp³-hybridized carbons (Fsp3) is 0.556. The molecule has 0 spiro atoms. The number of nitrogens with one attached hydrogen (secondary N) is 1. The lowest BCUT2D eigenvalue weighted by Gasteiger charge is -2.29. The van der Waals surface area contributed by atoms with Gasteiger partial charge in [-0.2, -0.15) is 8.42 Å². The monoisotopic (exact) mass is 380 g/mol. The summed E-state index contributed by atoms with van der Waals surface area (Å²) in [5.74, 6) is -0.955. The number of carbonyl (C=O) groups excluding carboxylic acids is 2. The number of rotatable bonds is 6. The molecule has 1 aliphatic rings. The largest absolute Gasteiger partial charge is 0.310 e. The molecule has 2 atom stereocenters. The summed E-state index contributed by atoms with van der Waals surface area (Å²) in [6.45, 7) is 7.94. The predicted molar refractivity (Wildman–Crippen MR) is 97.7 cm³/mol. The Balaban J connectivity index is 2.48. The van der Waals surface area contributed by atoms with Crippen molar-refractivity contribution >= 4 is 21.7 Å². The summed E-state index contributed by atoms with van der Waals surface area (Å²) in [6.07, 6.45) is 1.44. The van der Waals surface area contributed by atoms with Gasteiger partial charge in [0.2, 0.25) is 5.91 Å². The van der Waals surface area contributed by atoms with Crippen LogP contribution in [0.1, 0.15) is 38.3 Å². The summed E-state index contributed by atoms with van der Waals surface area (Å²) in [5, 5.41) is 2.76. The Bertz CT molecular complexity index is 763. The number of Topliss-reactive ketones (excluding diaryl/α,β-unsaturated/α-hetero) is 1. The molecule has 0 saturated carbocycles. The van der Waals surface area contributed by atoms with E-state index >= 15 is 0 Å². The summed E-state index contributed by atoms with van der Waals surface area (Å²) >= 11 is 0. The Kier molecular flexibility index (Phi) is 6.88. The first-order chi connectivity index (χ1) is 12.3. The fourth-order valence-electron chi connectivity index (χ4n) is 2.89. The van der Waals surface area contributed by atoms with Crippen LogP contribution in [0.4, 0.5) is 0 Å². The van der Waals surface area contributed by atoms with Crippen molar-refractivity contribution in [1.82, 2.24) is 14.6 Å². The first kappa shape index (κ1) is 20.5. The molecule has 2 rings (SSSR count). The summed E-state index contributed by atoms with van der Waals surface area (Å²) in [6, 6.07) is 3.61. The van der Waals surface area contributed by atoms with Gasteiger partial charge < -0.3 is 5.32 Å². The van der Waals surface area contributed by atoms with Gasteiger partial charge in [0.05, 0.1) is 6.54 Å². The van der Waals surface area contributed by atoms with Crippen LogP contribution in [0.5, 0.6) is 0 Å². The molecule has 1 amide bonds. The lowest BCUT2D eigenvalue weighted by molar-refractivity contribution is -0.134. The van der Waals surface area contributed by atoms with Gasteiger partial charge in [0, 0.05) is 12.1 Å². The average Bonchev–Trinajstić information content (AvgIpc) is 2.79. The average molecular weight is 380 g/mol. The number of aromatic nitrogens is 1. The van der Waals surface area contributed by atoms with Crippen LogP contribution < -0.4 is 5.32 Å². The zero-order valence-electron chi connectivity index (χ0n) is 15.3. The van der Waals surface area contributed by atoms with E-state index in [0.29, 0.717) is 31.5 Å². The van der Waals surface area contributed by atoms with Crippen molar-refractivity contribution < 1.29 is 18.0 Å². The molecule has 1 N–H and O–H groups in total. The summed E-state index contributed by atoms with van der Waals surface area (Å²) in [7, 11) is -4.22. The Labute approximate surface area is 155 Å². The second-order valence-corrected chi connectivity index (χ2v) is 8.47. The van der Waals surface area contributed by atoms with Gasteiger partial charge >= 0.3 is 0 Å². The second kappa shape index (κ2) is 8.73. The number of sulfonamides is 1. The van der Waals surface area contributed by atoms with Crippen LogP contribution in [0.25, 0.3) is 0 Å². The van der Waals surface area contributed by atoms with Crippen LogP contribution in [0, 0.1) is 19.8 Å². The van der Waals surface area contributed by atoms with Gasteiger partial charge in [-0.25, -0.2) is 9.29 Å². The third kappa shape index (κ3) is 4.67. The summed E-state index contributed by atoms with van der Waals surface area (Å²) < 4.78 is 27.2. The number of pyridine rings is 1. The highest BCUT2D eigenvalue weighted by molar-refractivity contribution is 7.89. The number of ketones is 1. The first-order valence-corrected chi connectivity index (χ1v) is 10.2. The highest BCUT2D eigenvalue weighted by Crippen LogP contribution is 2.24. The van der Waals surface area contributed by atoms with E-state index in [9.17, 15) is 18.0 Å². The molecule has 7 nitrogen and oxygen atoms in total. The second-order valence-electron chi connectivity index (χ2n) is 6.71. The highest BCUT2D eigenvalue weighted by Gasteiger charge is 2.40. The van der Waals surface area contributed by atoms with E-state index in [4.69, 9.17) is 0 Å². The zero-order valence-corrected chi connectivity index (χ0v) is 16.1. The van der Waals surface area contributed by atoms with Crippen molar-refractivity contribution in [3.05, 3.63) is 30.8 Å². The number of amides is 1. The van der Waals surface area contributed by atoms with Gasteiger partial charge in [0.1, 0.15) is 6.04 Å². The maximum atomic E-state index is 13.2. The molecule has 1 fully saturated rings. The Morgan fingerprint density at radius 3 is 2.85 bits per heavy atom. The fourth-order valence-corrected chi connectivity index (χ4v) is 4.50. The third-order valence-corrected chi connectivity index (χ3v) is 6.16. The molecule has 1 aromatic rings. The number of nitrogens with zero attached hydrogens (tertiary/aromatic N) is 2. The molecule has 1 radical (unpaired) electrons. The lowest BCUT2D eigenvalue weighted by atomic mass is 10.0. The Hall–Kier alpha value is -1.80. The topological polar surface area (TPSA) is 96.4 Å². The van der Waals surface area contributed by atoms with Crippen molar-refractivity contribution in [3.8, 4) is 0 Å². The van der Waals surface area contributed by atoms with E-state index in [1.807, 2.05) is 6.92 Å². The molecule has 1 unspecified atom stereocenters. The molecule has 8 heteroatoms. The van der Waals surface area contributed by atoms with Crippen LogP contribution in [0.3, 0.4) is 0 Å². The van der Waals surface area contributed by atoms with Gasteiger partial charge in [-0.05, 0) is 44.4 Å². The molecule has 26 heavy (non-hydrogen) atoms. The molecule has 1 aliphatic heterocycles. The molecular formula is C18H26N3O4S. The zero-order chi connectivity index (χ0) is 19.3. The quantitative estimate of drug-likeness (QED) is 0.803. The molecule has 1 saturated heterocycles. The van der Waals surface area contributed by atoms with Crippen LogP contribution >= 0.6 is 0 Å². The Morgan fingerprint density at radius 2 is 2.19 bits per heavy atom. The van der Waals surface area contributed by atoms with Gasteiger partial charge in [-0.1, -0.05) is 26.3 Å². The van der Waals surface area contributed by atoms with Gasteiger partial charge in [-0.15, -0.1) is 0 Å². The summed E-state index contributed by atoms with van der Waals surface area (Å²) in [5.41, 5.74) is 0.526. The normalized spacial score (nSPS) is 19.7. The maximum absolute atomic E-state index is 13.2. The number of carbonyl (C=O) groups is 2. The van der Waals surface area contributed by atoms with E-state index in [0.717, 1.165) is 4.31 Å². The van der Waals surface area contributed by atoms with Gasteiger partial charge in [-0.3, -0.25) is 9.59 Å². The van der Waals surface area contributed by atoms with E-state index in [1.165, 1.54) is 6.07 Å². The van der Waals surface area contributed by atoms with Crippen molar-refractivity contribution in [3.63, 3.8) is 0 Å². The first-order valence-electron chi connectivity index (χ1n) is 8.81. The van der Waals surface area contributed by atoms with Crippen LogP contribution in [0.15, 0.2) is 23.2 Å². The standard InChI is InChI=1S/C18H26N3O4S/c1-4-13(2)11-18(23)21(15-8-6-10-19-12-16(15)22)26(24,25)17-9-5-7-14(3)20-17/h5,7,9,13,15,19H,1,4,6,8,10-12H2,2-3H3/t13-,15?/m0/s1. The number of hydrogen-bond donors (Lipinski definition) is 1. The Morgan fingerprint density at radius 1 is 1.46 bits per heavy atom. The number of aryl methyl sites for hydroxylation is 1. The van der Waals surface area contributed by atoms with E-state index in [1.54, 1.807) is 19.1 Å². The maximum Gasteiger partial charge on any atom is 0.284 e. The lowest BCUT2D eigenvalue weighted by Crippen LogP contribution is -2.50. The highest BCUT2D eigenvalue weighted by atomic mass is 32.2. The molecule has 1 aromatic heterocycles. The van der Waals surface area contributed by atoms with E-state index < -0.39 is 22.0 Å². The van der Waals surface area contributed by atoms with Crippen molar-refractivity contribution in [1.29, 1.82) is 0 Å². The van der Waals surface area contributed by atoms with E-state index in [-0.39, 0.29) is 29.7 Å². The smallest absolute Gasteiger partial charge is 0.284 e. The van der Waals surface area contributed by atoms with Crippen molar-refractivity contribution in [2.75, 3.05) is 13.1 Å². The molecule has 0 aliphatic carbocycles. The molecule has 0 bridgehead atoms. The third-order valence-electron chi connectivity index (χ3n) is 4.43. The molecule has 2 heterocycles. The SMILES string of the molecule is [CH2]C[C@H](C)CC(=O)N(C1CCCNCC1=O)S(=O)(=O)c1cccc(C)n1. The van der Waals surface area contributed by atoms with Crippen LogP contribution in [0.2, 0.25) is 0 Å². The molecular weight excluding hydrogens is 354 g/mol. The van der Waals surface area contributed by atoms with Crippen LogP contribution in [-0.2, 0) is 19.6 Å². The van der Waals surface area contributed by atoms with Gasteiger partial charge in [0.25, 0.3) is 10.0 Å². The number of hydrogen-bond acceptors (Lipinski definition) is 6. The van der Waals surface area contributed by atoms with Gasteiger partial charge in [0.15, 0.2) is 10.8 Å². The molecule has 0 aromatic carbocycles. The van der Waals surface area contributed by atoms with Crippen molar-refractivity contribution in [2.45, 2.75) is 50.6 Å². The summed E-state index contributed by atoms with van der Waals surface area (Å²) in [4.78, 5) is 29.5. The van der Waals surface area contributed by atoms with E-state index in [2.05, 4.69) is 17.2 Å². The predicted octanol–water partition coefficient (Wildman–Crippen LogP) is 1.48. The molecule has 143 valence electrons. The van der Waals surface area contributed by atoms with Crippen molar-refractivity contribution in [2.24, 2.45) is 5.92 Å². The minimum atomic E-state index is -4.22. The minimum absolute atomic E-state index is 0.0196. The van der Waals surface area contributed by atoms with Crippen LogP contribution in [-0.4, -0.2) is 48.5 Å².